The fourth-order valence-electron chi connectivity index (χ4n) is 2.39. The van der Waals surface area contributed by atoms with Crippen LogP contribution in [0.5, 0.6) is 11.5 Å². The minimum atomic E-state index is -0.791. The fraction of sp³-hybridized carbons (Fsp3) is 0.200. The van der Waals surface area contributed by atoms with E-state index in [1.54, 1.807) is 24.3 Å². The highest BCUT2D eigenvalue weighted by Gasteiger charge is 2.40. The molecular weight excluding hydrogens is 261 g/mol. The normalized spacial score (nSPS) is 20.3. The van der Waals surface area contributed by atoms with Crippen molar-refractivity contribution >= 4 is 5.69 Å². The van der Waals surface area contributed by atoms with Crippen LogP contribution in [0.4, 0.5) is 10.1 Å². The minimum absolute atomic E-state index is 0.110. The molecule has 2 aromatic rings. The average molecular weight is 275 g/mol. The molecule has 20 heavy (non-hydrogen) atoms. The second kappa shape index (κ2) is 4.68. The van der Waals surface area contributed by atoms with E-state index in [2.05, 4.69) is 5.32 Å². The van der Waals surface area contributed by atoms with Crippen LogP contribution < -0.4 is 10.1 Å². The van der Waals surface area contributed by atoms with Gasteiger partial charge in [0, 0.05) is 17.3 Å². The first-order valence-electron chi connectivity index (χ1n) is 6.24. The molecule has 2 aromatic carbocycles. The summed E-state index contributed by atoms with van der Waals surface area (Å²) in [5, 5.41) is 22.4. The van der Waals surface area contributed by atoms with Crippen LogP contribution in [0, 0.1) is 5.82 Å². The standard InChI is InChI=1S/C15H14FNO3/c16-10-1-3-11(4-2-10)17-15(8-18)9-20-14-7-12(19)5-6-13(14)15/h1-7,17-19H,8-9H2. The number of aliphatic hydroxyl groups excluding tert-OH is 1. The summed E-state index contributed by atoms with van der Waals surface area (Å²) in [5.41, 5.74) is 0.660. The van der Waals surface area contributed by atoms with Crippen molar-refractivity contribution < 1.29 is 19.3 Å². The molecule has 0 saturated heterocycles. The van der Waals surface area contributed by atoms with E-state index in [1.165, 1.54) is 18.2 Å². The van der Waals surface area contributed by atoms with Crippen LogP contribution in [0.2, 0.25) is 0 Å². The van der Waals surface area contributed by atoms with Gasteiger partial charge in [-0.2, -0.15) is 0 Å². The number of anilines is 1. The van der Waals surface area contributed by atoms with E-state index < -0.39 is 5.54 Å². The lowest BCUT2D eigenvalue weighted by Crippen LogP contribution is -2.40. The quantitative estimate of drug-likeness (QED) is 0.804. The number of hydrogen-bond acceptors (Lipinski definition) is 4. The van der Waals surface area contributed by atoms with Crippen LogP contribution in [0.3, 0.4) is 0 Å². The molecule has 0 amide bonds. The van der Waals surface area contributed by atoms with E-state index in [1.807, 2.05) is 0 Å². The van der Waals surface area contributed by atoms with Crippen LogP contribution in [-0.4, -0.2) is 23.4 Å². The molecule has 0 aliphatic carbocycles. The predicted molar refractivity (Wildman–Crippen MR) is 72.4 cm³/mol. The second-order valence-corrected chi connectivity index (χ2v) is 4.84. The Labute approximate surface area is 115 Å². The van der Waals surface area contributed by atoms with Gasteiger partial charge in [0.05, 0.1) is 6.61 Å². The fourth-order valence-corrected chi connectivity index (χ4v) is 2.39. The predicted octanol–water partition coefficient (Wildman–Crippen LogP) is 2.22. The number of hydrogen-bond donors (Lipinski definition) is 3. The maximum Gasteiger partial charge on any atom is 0.128 e. The van der Waals surface area contributed by atoms with Gasteiger partial charge in [-0.1, -0.05) is 0 Å². The number of ether oxygens (including phenoxy) is 1. The number of nitrogens with one attached hydrogen (secondary N) is 1. The first-order chi connectivity index (χ1) is 9.63. The lowest BCUT2D eigenvalue weighted by Gasteiger charge is -2.28. The van der Waals surface area contributed by atoms with Crippen LogP contribution in [0.1, 0.15) is 5.56 Å². The average Bonchev–Trinajstić information content (AvgIpc) is 2.80. The Hall–Kier alpha value is -2.27. The molecular formula is C15H14FNO3. The molecule has 1 unspecified atom stereocenters. The largest absolute Gasteiger partial charge is 0.508 e. The highest BCUT2D eigenvalue weighted by Crippen LogP contribution is 2.40. The monoisotopic (exact) mass is 275 g/mol. The van der Waals surface area contributed by atoms with Crippen molar-refractivity contribution in [3.63, 3.8) is 0 Å². The summed E-state index contributed by atoms with van der Waals surface area (Å²) in [5.74, 6) is 0.328. The Morgan fingerprint density at radius 3 is 2.65 bits per heavy atom. The Balaban J connectivity index is 1.96. The number of aliphatic hydroxyl groups is 1. The van der Waals surface area contributed by atoms with Gasteiger partial charge >= 0.3 is 0 Å². The Morgan fingerprint density at radius 1 is 1.20 bits per heavy atom. The van der Waals surface area contributed by atoms with E-state index >= 15 is 0 Å². The maximum atomic E-state index is 12.9. The van der Waals surface area contributed by atoms with Crippen molar-refractivity contribution in [2.45, 2.75) is 5.54 Å². The smallest absolute Gasteiger partial charge is 0.128 e. The van der Waals surface area contributed by atoms with Crippen molar-refractivity contribution in [1.29, 1.82) is 0 Å². The van der Waals surface area contributed by atoms with Crippen LogP contribution in [-0.2, 0) is 5.54 Å². The zero-order chi connectivity index (χ0) is 14.2. The Kier molecular flexibility index (Phi) is 2.99. The third kappa shape index (κ3) is 2.06. The molecule has 0 bridgehead atoms. The summed E-state index contributed by atoms with van der Waals surface area (Å²) in [6, 6.07) is 10.7. The zero-order valence-electron chi connectivity index (χ0n) is 10.6. The van der Waals surface area contributed by atoms with Crippen molar-refractivity contribution in [2.75, 3.05) is 18.5 Å². The summed E-state index contributed by atoms with van der Waals surface area (Å²) in [4.78, 5) is 0. The molecule has 3 rings (SSSR count). The number of benzene rings is 2. The number of phenols is 1. The molecule has 104 valence electrons. The first kappa shape index (κ1) is 12.7. The Bertz CT molecular complexity index is 630. The van der Waals surface area contributed by atoms with E-state index in [-0.39, 0.29) is 24.8 Å². The van der Waals surface area contributed by atoms with E-state index in [4.69, 9.17) is 4.74 Å². The highest BCUT2D eigenvalue weighted by atomic mass is 19.1. The molecule has 0 fully saturated rings. The van der Waals surface area contributed by atoms with Crippen molar-refractivity contribution in [3.05, 3.63) is 53.8 Å². The minimum Gasteiger partial charge on any atom is -0.508 e. The van der Waals surface area contributed by atoms with Gasteiger partial charge in [-0.15, -0.1) is 0 Å². The first-order valence-corrected chi connectivity index (χ1v) is 6.24. The van der Waals surface area contributed by atoms with Crippen molar-refractivity contribution in [3.8, 4) is 11.5 Å². The van der Waals surface area contributed by atoms with Crippen LogP contribution in [0.25, 0.3) is 0 Å². The summed E-state index contributed by atoms with van der Waals surface area (Å²) < 4.78 is 18.5. The van der Waals surface area contributed by atoms with Crippen LogP contribution in [0.15, 0.2) is 42.5 Å². The number of rotatable bonds is 3. The number of fused-ring (bicyclic) bond motifs is 1. The number of aromatic hydroxyl groups is 1. The third-order valence-electron chi connectivity index (χ3n) is 3.45. The molecule has 4 nitrogen and oxygen atoms in total. The number of phenolic OH excluding ortho intramolecular Hbond substituents is 1. The van der Waals surface area contributed by atoms with Crippen LogP contribution >= 0.6 is 0 Å². The molecule has 0 aromatic heterocycles. The molecule has 0 spiro atoms. The second-order valence-electron chi connectivity index (χ2n) is 4.84. The van der Waals surface area contributed by atoms with E-state index in [9.17, 15) is 14.6 Å². The molecule has 1 aliphatic rings. The molecule has 1 heterocycles. The highest BCUT2D eigenvalue weighted by molar-refractivity contribution is 5.55. The van der Waals surface area contributed by atoms with Crippen molar-refractivity contribution in [2.24, 2.45) is 0 Å². The van der Waals surface area contributed by atoms with Gasteiger partial charge < -0.3 is 20.3 Å². The van der Waals surface area contributed by atoms with Gasteiger partial charge in [-0.3, -0.25) is 0 Å². The molecule has 3 N–H and O–H groups in total. The van der Waals surface area contributed by atoms with Gasteiger partial charge in [0.1, 0.15) is 29.5 Å². The molecule has 1 aliphatic heterocycles. The van der Waals surface area contributed by atoms with Gasteiger partial charge in [0.25, 0.3) is 0 Å². The van der Waals surface area contributed by atoms with E-state index in [0.29, 0.717) is 11.4 Å². The summed E-state index contributed by atoms with van der Waals surface area (Å²) in [7, 11) is 0. The Morgan fingerprint density at radius 2 is 1.95 bits per heavy atom. The van der Waals surface area contributed by atoms with Gasteiger partial charge in [0.2, 0.25) is 0 Å². The molecule has 1 atom stereocenters. The third-order valence-corrected chi connectivity index (χ3v) is 3.45. The zero-order valence-corrected chi connectivity index (χ0v) is 10.6. The molecule has 5 heteroatoms. The topological polar surface area (TPSA) is 61.7 Å². The number of halogens is 1. The van der Waals surface area contributed by atoms with Gasteiger partial charge in [-0.25, -0.2) is 4.39 Å². The molecule has 0 radical (unpaired) electrons. The van der Waals surface area contributed by atoms with Gasteiger partial charge in [0.15, 0.2) is 0 Å². The SMILES string of the molecule is OCC1(Nc2ccc(F)cc2)COc2cc(O)ccc21. The van der Waals surface area contributed by atoms with Crippen molar-refractivity contribution in [1.82, 2.24) is 0 Å². The lowest BCUT2D eigenvalue weighted by atomic mass is 9.92. The summed E-state index contributed by atoms with van der Waals surface area (Å²) >= 11 is 0. The molecule has 0 saturated carbocycles. The maximum absolute atomic E-state index is 12.9. The summed E-state index contributed by atoms with van der Waals surface area (Å²) in [6.45, 7) is 0.0574. The summed E-state index contributed by atoms with van der Waals surface area (Å²) in [6.07, 6.45) is 0. The van der Waals surface area contributed by atoms with Gasteiger partial charge in [-0.05, 0) is 36.4 Å². The van der Waals surface area contributed by atoms with E-state index in [0.717, 1.165) is 5.56 Å². The lowest BCUT2D eigenvalue weighted by molar-refractivity contribution is 0.177.